The Kier molecular flexibility index (Phi) is 8.59. The van der Waals surface area contributed by atoms with Crippen molar-refractivity contribution in [3.63, 3.8) is 0 Å². The average Bonchev–Trinajstić information content (AvgIpc) is 3.44. The number of carbonyl (C=O) groups is 1. The van der Waals surface area contributed by atoms with Crippen LogP contribution in [0.5, 0.6) is 6.01 Å². The van der Waals surface area contributed by atoms with Crippen LogP contribution in [0, 0.1) is 34.3 Å². The maximum absolute atomic E-state index is 17.4. The summed E-state index contributed by atoms with van der Waals surface area (Å²) < 4.78 is 40.4. The molecule has 5 aliphatic rings. The second kappa shape index (κ2) is 13.4. The first-order valence-corrected chi connectivity index (χ1v) is 20.8. The summed E-state index contributed by atoms with van der Waals surface area (Å²) in [4.78, 5) is 34.0. The van der Waals surface area contributed by atoms with E-state index in [0.717, 1.165) is 82.2 Å². The number of benzene rings is 2. The first-order valence-electron chi connectivity index (χ1n) is 19.2. The van der Waals surface area contributed by atoms with Gasteiger partial charge < -0.3 is 20.3 Å². The van der Waals surface area contributed by atoms with Crippen LogP contribution >= 0.6 is 34.5 Å². The van der Waals surface area contributed by atoms with Crippen molar-refractivity contribution in [3.8, 4) is 23.2 Å². The van der Waals surface area contributed by atoms with E-state index in [1.807, 2.05) is 4.90 Å². The number of nitrogens with two attached hydrogens (primary N) is 1. The van der Waals surface area contributed by atoms with E-state index in [9.17, 15) is 10.1 Å². The van der Waals surface area contributed by atoms with Crippen LogP contribution < -0.4 is 15.4 Å². The van der Waals surface area contributed by atoms with Crippen molar-refractivity contribution < 1.29 is 18.3 Å². The minimum atomic E-state index is -0.726. The van der Waals surface area contributed by atoms with Gasteiger partial charge in [0.2, 0.25) is 5.28 Å². The maximum Gasteiger partial charge on any atom is 0.346 e. The van der Waals surface area contributed by atoms with Crippen LogP contribution in [-0.4, -0.2) is 91.5 Å². The number of carbonyl (C=O) groups excluding carboxylic acids is 1. The van der Waals surface area contributed by atoms with Gasteiger partial charge in [-0.1, -0.05) is 24.1 Å². The Hall–Kier alpha value is -4.36. The number of nitriles is 1. The molecule has 56 heavy (non-hydrogen) atoms. The van der Waals surface area contributed by atoms with Crippen molar-refractivity contribution in [1.82, 2.24) is 34.5 Å². The molecule has 1 amide bonds. The summed E-state index contributed by atoms with van der Waals surface area (Å²) in [7, 11) is 0. The summed E-state index contributed by atoms with van der Waals surface area (Å²) in [6.07, 6.45) is 10.4. The van der Waals surface area contributed by atoms with Gasteiger partial charge in [-0.15, -0.1) is 16.4 Å². The number of thiophene rings is 1. The topological polar surface area (TPSA) is 142 Å². The van der Waals surface area contributed by atoms with Crippen LogP contribution in [0.15, 0.2) is 24.5 Å². The number of fused-ring (bicyclic) bond motifs is 3. The van der Waals surface area contributed by atoms with Gasteiger partial charge in [-0.25, -0.2) is 18.6 Å². The van der Waals surface area contributed by atoms with Crippen molar-refractivity contribution in [1.29, 1.82) is 5.26 Å². The molecule has 4 aliphatic heterocycles. The zero-order chi connectivity index (χ0) is 38.5. The van der Waals surface area contributed by atoms with Crippen molar-refractivity contribution in [2.45, 2.75) is 69.4 Å². The molecule has 3 aromatic heterocycles. The lowest BCUT2D eigenvalue weighted by Gasteiger charge is -2.58. The van der Waals surface area contributed by atoms with Gasteiger partial charge in [0.25, 0.3) is 0 Å². The Morgan fingerprint density at radius 3 is 2.61 bits per heavy atom. The van der Waals surface area contributed by atoms with Crippen LogP contribution in [-0.2, 0) is 0 Å². The third-order valence-corrected chi connectivity index (χ3v) is 14.4. The van der Waals surface area contributed by atoms with Crippen LogP contribution in [0.1, 0.15) is 63.4 Å². The molecule has 1 saturated carbocycles. The van der Waals surface area contributed by atoms with Gasteiger partial charge >= 0.3 is 12.0 Å². The molecule has 7 heterocycles. The molecule has 1 spiro atoms. The quantitative estimate of drug-likeness (QED) is 0.180. The number of anilines is 2. The molecule has 17 heteroatoms. The molecule has 12 nitrogen and oxygen atoms in total. The number of rotatable bonds is 6. The van der Waals surface area contributed by atoms with E-state index < -0.39 is 11.6 Å². The lowest BCUT2D eigenvalue weighted by atomic mass is 9.66. The number of aromatic nitrogens is 5. The molecule has 5 fully saturated rings. The summed E-state index contributed by atoms with van der Waals surface area (Å²) in [5, 5.41) is 14.9. The smallest absolute Gasteiger partial charge is 0.346 e. The van der Waals surface area contributed by atoms with Crippen molar-refractivity contribution in [2.24, 2.45) is 11.3 Å². The van der Waals surface area contributed by atoms with E-state index in [1.165, 1.54) is 23.1 Å². The van der Waals surface area contributed by atoms with Gasteiger partial charge in [-0.05, 0) is 99.7 Å². The fourth-order valence-corrected chi connectivity index (χ4v) is 11.7. The van der Waals surface area contributed by atoms with E-state index >= 15 is 8.78 Å². The fraction of sp³-hybridized carbons (Fsp3) is 0.487. The SMILES string of the molecule is N#Cc1c(N)sc2c(F)ccc(-c3c(Cl)cc4c(N5CCCC[C@@]6(C5)CN(C(=O)n5cnc(Cl)n5)[C@@H]6C5CC5)nc(OCC56CCCN5CCC6)nc4c3F)c12. The van der Waals surface area contributed by atoms with Gasteiger partial charge in [0.15, 0.2) is 5.82 Å². The van der Waals surface area contributed by atoms with E-state index in [-0.39, 0.29) is 76.6 Å². The van der Waals surface area contributed by atoms with Crippen molar-refractivity contribution in [2.75, 3.05) is 50.0 Å². The molecular weight excluding hydrogens is 781 g/mol. The number of hydrogen-bond acceptors (Lipinski definition) is 11. The summed E-state index contributed by atoms with van der Waals surface area (Å²) in [6.45, 7) is 4.18. The van der Waals surface area contributed by atoms with Crippen LogP contribution in [0.3, 0.4) is 0 Å². The second-order valence-corrected chi connectivity index (χ2v) is 17.9. The molecule has 4 saturated heterocycles. The standard InChI is InChI=1S/C39H38Cl2F2N10O2S/c40-25-15-23-30(29(43)28(25)22-7-8-26(42)31-27(22)24(16-44)33(45)56-31)47-36(55-19-39-10-3-13-51(39)14-4-11-39)48-34(23)50-12-2-1-9-38(17-50)18-52(32(38)21-5-6-21)37(54)53-20-46-35(41)49-53/h7-8,15,20-21,32H,1-6,9-14,17-19,45H2/t32-,38-/m1/s1. The highest BCUT2D eigenvalue weighted by Gasteiger charge is 2.60. The zero-order valence-corrected chi connectivity index (χ0v) is 32.7. The number of halogens is 4. The van der Waals surface area contributed by atoms with E-state index in [0.29, 0.717) is 43.4 Å². The Labute approximate surface area is 335 Å². The van der Waals surface area contributed by atoms with Gasteiger partial charge in [0.05, 0.1) is 20.8 Å². The Bertz CT molecular complexity index is 2480. The summed E-state index contributed by atoms with van der Waals surface area (Å²) in [5.74, 6) is -0.418. The minimum Gasteiger partial charge on any atom is -0.461 e. The number of likely N-dealkylation sites (tertiary alicyclic amines) is 1. The molecular formula is C39H38Cl2F2N10O2S. The molecule has 5 aromatic rings. The van der Waals surface area contributed by atoms with Gasteiger partial charge in [0.1, 0.15) is 41.2 Å². The Morgan fingerprint density at radius 1 is 1.07 bits per heavy atom. The van der Waals surface area contributed by atoms with Crippen LogP contribution in [0.25, 0.3) is 32.1 Å². The number of amides is 1. The molecule has 290 valence electrons. The highest BCUT2D eigenvalue weighted by Crippen LogP contribution is 2.55. The molecule has 0 unspecified atom stereocenters. The normalized spacial score (nSPS) is 23.4. The Balaban J connectivity index is 1.09. The average molecular weight is 820 g/mol. The van der Waals surface area contributed by atoms with E-state index in [2.05, 4.69) is 26.0 Å². The van der Waals surface area contributed by atoms with Crippen LogP contribution in [0.2, 0.25) is 10.3 Å². The zero-order valence-electron chi connectivity index (χ0n) is 30.4. The molecule has 0 radical (unpaired) electrons. The monoisotopic (exact) mass is 818 g/mol. The number of nitrogen functional groups attached to an aromatic ring is 1. The Morgan fingerprint density at radius 2 is 1.88 bits per heavy atom. The number of ether oxygens (including phenoxy) is 1. The first kappa shape index (κ1) is 36.0. The highest BCUT2D eigenvalue weighted by molar-refractivity contribution is 7.23. The number of nitrogens with zero attached hydrogens (tertiary/aromatic N) is 9. The minimum absolute atomic E-state index is 0.00656. The molecule has 2 N–H and O–H groups in total. The second-order valence-electron chi connectivity index (χ2n) is 16.1. The first-order chi connectivity index (χ1) is 27.1. The largest absolute Gasteiger partial charge is 0.461 e. The van der Waals surface area contributed by atoms with Gasteiger partial charge in [-0.2, -0.15) is 19.9 Å². The van der Waals surface area contributed by atoms with Crippen LogP contribution in [0.4, 0.5) is 24.4 Å². The third kappa shape index (κ3) is 5.61. The third-order valence-electron chi connectivity index (χ3n) is 12.9. The lowest BCUT2D eigenvalue weighted by Crippen LogP contribution is -2.70. The predicted molar refractivity (Wildman–Crippen MR) is 210 cm³/mol. The molecule has 0 bridgehead atoms. The summed E-state index contributed by atoms with van der Waals surface area (Å²) in [6, 6.07) is 6.21. The van der Waals surface area contributed by atoms with Gasteiger partial charge in [-0.3, -0.25) is 4.90 Å². The van der Waals surface area contributed by atoms with E-state index in [1.54, 1.807) is 6.07 Å². The highest BCUT2D eigenvalue weighted by atomic mass is 35.5. The molecule has 10 rings (SSSR count). The lowest BCUT2D eigenvalue weighted by molar-refractivity contribution is -0.0530. The number of hydrogen-bond donors (Lipinski definition) is 1. The summed E-state index contributed by atoms with van der Waals surface area (Å²) >= 11 is 14.0. The van der Waals surface area contributed by atoms with E-state index in [4.69, 9.17) is 43.6 Å². The molecule has 1 aliphatic carbocycles. The fourth-order valence-electron chi connectivity index (χ4n) is 10.3. The van der Waals surface area contributed by atoms with Crippen molar-refractivity contribution in [3.05, 3.63) is 52.0 Å². The summed E-state index contributed by atoms with van der Waals surface area (Å²) in [5.41, 5.74) is 6.14. The molecule has 2 atom stereocenters. The van der Waals surface area contributed by atoms with Gasteiger partial charge in [0, 0.05) is 47.4 Å². The maximum atomic E-state index is 17.4. The van der Waals surface area contributed by atoms with Crippen molar-refractivity contribution >= 4 is 72.4 Å². The predicted octanol–water partition coefficient (Wildman–Crippen LogP) is 7.89. The molecule has 2 aromatic carbocycles.